The Hall–Kier alpha value is -2.57. The van der Waals surface area contributed by atoms with Crippen LogP contribution in [0.25, 0.3) is 0 Å². The number of carbonyl (C=O) groups is 1. The first-order chi connectivity index (χ1) is 11.5. The molecule has 1 aromatic rings. The van der Waals surface area contributed by atoms with Gasteiger partial charge in [-0.05, 0) is 50.3 Å². The number of aryl methyl sites for hydroxylation is 1. The van der Waals surface area contributed by atoms with Crippen LogP contribution in [0.15, 0.2) is 28.2 Å². The first kappa shape index (κ1) is 16.3. The highest BCUT2D eigenvalue weighted by molar-refractivity contribution is 6.06. The molecule has 1 fully saturated rings. The average molecular weight is 328 g/mol. The smallest absolute Gasteiger partial charge is 0.251 e. The van der Waals surface area contributed by atoms with Crippen LogP contribution in [0, 0.1) is 6.92 Å². The van der Waals surface area contributed by atoms with E-state index < -0.39 is 5.66 Å². The van der Waals surface area contributed by atoms with Crippen molar-refractivity contribution in [3.8, 4) is 0 Å². The van der Waals surface area contributed by atoms with Crippen molar-refractivity contribution >= 4 is 23.5 Å². The molecule has 1 aromatic carbocycles. The minimum Gasteiger partial charge on any atom is -0.369 e. The van der Waals surface area contributed by atoms with E-state index in [0.29, 0.717) is 11.5 Å². The maximum absolute atomic E-state index is 12.0. The van der Waals surface area contributed by atoms with Crippen molar-refractivity contribution in [2.45, 2.75) is 44.7 Å². The molecule has 1 aliphatic carbocycles. The van der Waals surface area contributed by atoms with Crippen molar-refractivity contribution in [2.75, 3.05) is 11.9 Å². The van der Waals surface area contributed by atoms with Gasteiger partial charge in [-0.1, -0.05) is 12.5 Å². The fraction of sp³-hybridized carbons (Fsp3) is 0.471. The first-order valence-electron chi connectivity index (χ1n) is 8.29. The molecule has 0 bridgehead atoms. The Morgan fingerprint density at radius 1 is 1.25 bits per heavy atom. The average Bonchev–Trinajstić information content (AvgIpc) is 2.55. The van der Waals surface area contributed by atoms with E-state index in [9.17, 15) is 4.79 Å². The highest BCUT2D eigenvalue weighted by Gasteiger charge is 2.43. The van der Waals surface area contributed by atoms with Crippen molar-refractivity contribution in [1.82, 2.24) is 5.32 Å². The molecule has 0 aromatic heterocycles. The van der Waals surface area contributed by atoms with Crippen molar-refractivity contribution < 1.29 is 4.79 Å². The van der Waals surface area contributed by atoms with Crippen LogP contribution in [-0.2, 0) is 0 Å². The largest absolute Gasteiger partial charge is 0.369 e. The monoisotopic (exact) mass is 328 g/mol. The highest BCUT2D eigenvalue weighted by atomic mass is 16.1. The normalized spacial score (nSPS) is 19.7. The Kier molecular flexibility index (Phi) is 4.17. The van der Waals surface area contributed by atoms with Crippen molar-refractivity contribution in [3.63, 3.8) is 0 Å². The van der Waals surface area contributed by atoms with Crippen LogP contribution in [0.1, 0.15) is 48.0 Å². The van der Waals surface area contributed by atoms with Crippen LogP contribution in [0.5, 0.6) is 0 Å². The summed E-state index contributed by atoms with van der Waals surface area (Å²) < 4.78 is 0. The van der Waals surface area contributed by atoms with Crippen LogP contribution in [-0.4, -0.2) is 30.5 Å². The van der Waals surface area contributed by atoms with Gasteiger partial charge in [0.1, 0.15) is 5.66 Å². The summed E-state index contributed by atoms with van der Waals surface area (Å²) in [6, 6.07) is 5.58. The number of carbonyl (C=O) groups excluding carboxylic acids is 1. The van der Waals surface area contributed by atoms with Gasteiger partial charge in [0.15, 0.2) is 0 Å². The molecule has 1 heterocycles. The van der Waals surface area contributed by atoms with Gasteiger partial charge in [0.2, 0.25) is 11.9 Å². The molecule has 128 valence electrons. The number of anilines is 1. The van der Waals surface area contributed by atoms with Gasteiger partial charge in [-0.25, -0.2) is 4.99 Å². The summed E-state index contributed by atoms with van der Waals surface area (Å²) in [6.45, 7) is 1.99. The molecular formula is C17H24N6O. The maximum Gasteiger partial charge on any atom is 0.251 e. The lowest BCUT2D eigenvalue weighted by Crippen LogP contribution is -2.58. The number of rotatable bonds is 2. The fourth-order valence-electron chi connectivity index (χ4n) is 3.61. The molecule has 0 saturated heterocycles. The summed E-state index contributed by atoms with van der Waals surface area (Å²) in [5, 5.41) is 2.65. The van der Waals surface area contributed by atoms with Gasteiger partial charge in [0.05, 0.1) is 0 Å². The van der Waals surface area contributed by atoms with Gasteiger partial charge in [-0.15, -0.1) is 0 Å². The van der Waals surface area contributed by atoms with Crippen molar-refractivity contribution in [2.24, 2.45) is 21.5 Å². The molecule has 7 nitrogen and oxygen atoms in total. The zero-order chi connectivity index (χ0) is 17.3. The second-order valence-corrected chi connectivity index (χ2v) is 6.40. The molecule has 1 saturated carbocycles. The SMILES string of the molecule is CNC(=O)c1ccc(C)c(N2C(N)=NC(N)=NC23CCCCC3)c1. The van der Waals surface area contributed by atoms with Crippen LogP contribution in [0.2, 0.25) is 0 Å². The molecule has 1 spiro atoms. The number of nitrogens with zero attached hydrogens (tertiary/aromatic N) is 3. The molecule has 2 aliphatic rings. The standard InChI is InChI=1S/C17H24N6O/c1-11-6-7-12(14(24)20-2)10-13(11)23-16(19)21-15(18)22-17(23)8-4-3-5-9-17/h6-7,10H,3-5,8-9H2,1-2H3,(H,20,24)(H4,18,19,21,22). The topological polar surface area (TPSA) is 109 Å². The van der Waals surface area contributed by atoms with E-state index in [1.165, 1.54) is 6.42 Å². The van der Waals surface area contributed by atoms with Gasteiger partial charge in [-0.2, -0.15) is 4.99 Å². The number of hydrogen-bond acceptors (Lipinski definition) is 6. The predicted molar refractivity (Wildman–Crippen MR) is 96.1 cm³/mol. The number of nitrogens with two attached hydrogens (primary N) is 2. The van der Waals surface area contributed by atoms with Gasteiger partial charge in [0.25, 0.3) is 5.91 Å². The van der Waals surface area contributed by atoms with Crippen LogP contribution >= 0.6 is 0 Å². The molecule has 0 atom stereocenters. The number of benzene rings is 1. The third-order valence-corrected chi connectivity index (χ3v) is 4.79. The minimum absolute atomic E-state index is 0.135. The second kappa shape index (κ2) is 6.14. The zero-order valence-electron chi connectivity index (χ0n) is 14.2. The lowest BCUT2D eigenvalue weighted by atomic mass is 9.87. The highest BCUT2D eigenvalue weighted by Crippen LogP contribution is 2.40. The molecule has 1 aliphatic heterocycles. The van der Waals surface area contributed by atoms with E-state index in [-0.39, 0.29) is 11.9 Å². The number of aliphatic imine (C=N–C) groups is 2. The third kappa shape index (κ3) is 2.70. The first-order valence-corrected chi connectivity index (χ1v) is 8.29. The minimum atomic E-state index is -0.500. The third-order valence-electron chi connectivity index (χ3n) is 4.79. The fourth-order valence-corrected chi connectivity index (χ4v) is 3.61. The van der Waals surface area contributed by atoms with Crippen molar-refractivity contribution in [1.29, 1.82) is 0 Å². The Morgan fingerprint density at radius 2 is 1.96 bits per heavy atom. The summed E-state index contributed by atoms with van der Waals surface area (Å²) in [5.41, 5.74) is 14.1. The molecule has 0 unspecified atom stereocenters. The predicted octanol–water partition coefficient (Wildman–Crippen LogP) is 1.46. The summed E-state index contributed by atoms with van der Waals surface area (Å²) >= 11 is 0. The van der Waals surface area contributed by atoms with Crippen LogP contribution in [0.4, 0.5) is 5.69 Å². The molecule has 24 heavy (non-hydrogen) atoms. The van der Waals surface area contributed by atoms with E-state index in [2.05, 4.69) is 15.3 Å². The number of hydrogen-bond donors (Lipinski definition) is 3. The molecule has 5 N–H and O–H groups in total. The number of amides is 1. The van der Waals surface area contributed by atoms with E-state index in [1.54, 1.807) is 13.1 Å². The number of nitrogens with one attached hydrogen (secondary N) is 1. The Labute approximate surface area is 141 Å². The Morgan fingerprint density at radius 3 is 2.62 bits per heavy atom. The maximum atomic E-state index is 12.0. The summed E-state index contributed by atoms with van der Waals surface area (Å²) in [5.74, 6) is 0.428. The van der Waals surface area contributed by atoms with Gasteiger partial charge >= 0.3 is 0 Å². The lowest BCUT2D eigenvalue weighted by molar-refractivity contribution is 0.0963. The van der Waals surface area contributed by atoms with E-state index >= 15 is 0 Å². The van der Waals surface area contributed by atoms with Gasteiger partial charge in [-0.3, -0.25) is 9.69 Å². The lowest BCUT2D eigenvalue weighted by Gasteiger charge is -2.46. The van der Waals surface area contributed by atoms with E-state index in [1.807, 2.05) is 24.0 Å². The zero-order valence-corrected chi connectivity index (χ0v) is 14.2. The Bertz CT molecular complexity index is 718. The van der Waals surface area contributed by atoms with Crippen molar-refractivity contribution in [3.05, 3.63) is 29.3 Å². The van der Waals surface area contributed by atoms with E-state index in [4.69, 9.17) is 11.5 Å². The molecule has 1 amide bonds. The van der Waals surface area contributed by atoms with Crippen LogP contribution < -0.4 is 21.7 Å². The molecule has 0 radical (unpaired) electrons. The summed E-state index contributed by atoms with van der Waals surface area (Å²) in [7, 11) is 1.62. The quantitative estimate of drug-likeness (QED) is 0.763. The molecule has 7 heteroatoms. The van der Waals surface area contributed by atoms with E-state index in [0.717, 1.165) is 36.9 Å². The molecular weight excluding hydrogens is 304 g/mol. The number of guanidine groups is 2. The summed E-state index contributed by atoms with van der Waals surface area (Å²) in [6.07, 6.45) is 5.05. The van der Waals surface area contributed by atoms with Gasteiger partial charge < -0.3 is 16.8 Å². The van der Waals surface area contributed by atoms with Gasteiger partial charge in [0, 0.05) is 18.3 Å². The summed E-state index contributed by atoms with van der Waals surface area (Å²) in [4.78, 5) is 22.8. The second-order valence-electron chi connectivity index (χ2n) is 6.40. The molecule has 3 rings (SSSR count). The van der Waals surface area contributed by atoms with Crippen LogP contribution in [0.3, 0.4) is 0 Å². The Balaban J connectivity index is 2.12.